The van der Waals surface area contributed by atoms with Crippen LogP contribution in [0.25, 0.3) is 0 Å². The Balaban J connectivity index is 0.000000531. The molecule has 1 rings (SSSR count). The van der Waals surface area contributed by atoms with Gasteiger partial charge < -0.3 is 15.3 Å². The maximum atomic E-state index is 10.3. The van der Waals surface area contributed by atoms with Crippen LogP contribution >= 0.6 is 0 Å². The molecule has 0 spiro atoms. The second kappa shape index (κ2) is 16.9. The molecule has 0 saturated heterocycles. The fraction of sp³-hybridized carbons (Fsp3) is 0.682. The molecule has 0 saturated carbocycles. The highest BCUT2D eigenvalue weighted by Crippen LogP contribution is 2.14. The Morgan fingerprint density at radius 2 is 1.38 bits per heavy atom. The second-order valence-electron chi connectivity index (χ2n) is 6.88. The molecule has 4 nitrogen and oxygen atoms in total. The first-order valence-corrected chi connectivity index (χ1v) is 10.2. The molecule has 0 radical (unpaired) electrons. The van der Waals surface area contributed by atoms with Gasteiger partial charge in [0.2, 0.25) is 0 Å². The van der Waals surface area contributed by atoms with Crippen LogP contribution in [0, 0.1) is 0 Å². The topological polar surface area (TPSA) is 77.8 Å². The molecule has 0 aliphatic heterocycles. The van der Waals surface area contributed by atoms with E-state index < -0.39 is 5.97 Å². The zero-order valence-corrected chi connectivity index (χ0v) is 16.6. The van der Waals surface area contributed by atoms with Gasteiger partial charge in [-0.15, -0.1) is 0 Å². The van der Waals surface area contributed by atoms with E-state index in [-0.39, 0.29) is 17.4 Å². The first-order valence-electron chi connectivity index (χ1n) is 10.2. The molecule has 0 fully saturated rings. The van der Waals surface area contributed by atoms with E-state index in [0.717, 1.165) is 19.3 Å². The number of benzene rings is 1. The number of hydrogen-bond donors (Lipinski definition) is 3. The molecule has 0 aromatic heterocycles. The summed E-state index contributed by atoms with van der Waals surface area (Å²) < 4.78 is 0. The average Bonchev–Trinajstić information content (AvgIpc) is 2.61. The number of aromatic hydroxyl groups is 1. The average molecular weight is 367 g/mol. The van der Waals surface area contributed by atoms with Gasteiger partial charge in [0.15, 0.2) is 0 Å². The highest BCUT2D eigenvalue weighted by atomic mass is 16.4. The summed E-state index contributed by atoms with van der Waals surface area (Å²) in [6.07, 6.45) is 15.4. The van der Waals surface area contributed by atoms with E-state index in [2.05, 4.69) is 13.8 Å². The molecule has 150 valence electrons. The van der Waals surface area contributed by atoms with Gasteiger partial charge in [0.25, 0.3) is 0 Å². The van der Waals surface area contributed by atoms with Crippen molar-refractivity contribution < 1.29 is 20.1 Å². The highest BCUT2D eigenvalue weighted by Gasteiger charge is 2.05. The number of hydrogen-bond acceptors (Lipinski definition) is 3. The lowest BCUT2D eigenvalue weighted by atomic mass is 10.0. The molecule has 26 heavy (non-hydrogen) atoms. The predicted molar refractivity (Wildman–Crippen MR) is 108 cm³/mol. The first-order chi connectivity index (χ1) is 12.5. The summed E-state index contributed by atoms with van der Waals surface area (Å²) in [5.41, 5.74) is -0.0671. The van der Waals surface area contributed by atoms with Crippen molar-refractivity contribution in [1.82, 2.24) is 0 Å². The summed E-state index contributed by atoms with van der Waals surface area (Å²) >= 11 is 0. The first kappa shape index (κ1) is 24.5. The third-order valence-corrected chi connectivity index (χ3v) is 4.40. The molecule has 4 heteroatoms. The number of carboxylic acid groups (broad SMARTS) is 1. The largest absolute Gasteiger partial charge is 0.507 e. The number of carboxylic acids is 1. The van der Waals surface area contributed by atoms with E-state index in [1.165, 1.54) is 69.9 Å². The Labute approximate surface area is 159 Å². The van der Waals surface area contributed by atoms with Gasteiger partial charge in [-0.25, -0.2) is 4.79 Å². The number of para-hydroxylation sites is 1. The number of rotatable bonds is 13. The molecule has 0 bridgehead atoms. The molecule has 1 aromatic carbocycles. The van der Waals surface area contributed by atoms with Gasteiger partial charge in [-0.3, -0.25) is 0 Å². The minimum absolute atomic E-state index is 0.0328. The second-order valence-corrected chi connectivity index (χ2v) is 6.88. The Kier molecular flexibility index (Phi) is 15.9. The van der Waals surface area contributed by atoms with Crippen molar-refractivity contribution in [3.05, 3.63) is 29.8 Å². The van der Waals surface area contributed by atoms with Crippen LogP contribution in [0.4, 0.5) is 0 Å². The van der Waals surface area contributed by atoms with Crippen molar-refractivity contribution in [1.29, 1.82) is 0 Å². The SMILES string of the molecule is CCCCCCCCCCCC(O)CCC.O=C(O)c1ccccc1O. The van der Waals surface area contributed by atoms with E-state index in [1.54, 1.807) is 12.1 Å². The molecule has 0 amide bonds. The van der Waals surface area contributed by atoms with E-state index in [1.807, 2.05) is 0 Å². The summed E-state index contributed by atoms with van der Waals surface area (Å²) in [6, 6.07) is 5.81. The maximum Gasteiger partial charge on any atom is 0.339 e. The van der Waals surface area contributed by atoms with Crippen LogP contribution < -0.4 is 0 Å². The Morgan fingerprint density at radius 3 is 1.85 bits per heavy atom. The van der Waals surface area contributed by atoms with Gasteiger partial charge in [0.1, 0.15) is 11.3 Å². The zero-order chi connectivity index (χ0) is 19.6. The number of aliphatic hydroxyl groups is 1. The maximum absolute atomic E-state index is 10.3. The normalized spacial score (nSPS) is 11.5. The van der Waals surface area contributed by atoms with Crippen LogP contribution in [-0.4, -0.2) is 27.4 Å². The third kappa shape index (κ3) is 13.7. The Hall–Kier alpha value is -1.55. The van der Waals surface area contributed by atoms with Crippen molar-refractivity contribution >= 4 is 5.97 Å². The fourth-order valence-electron chi connectivity index (χ4n) is 2.82. The highest BCUT2D eigenvalue weighted by molar-refractivity contribution is 5.90. The summed E-state index contributed by atoms with van der Waals surface area (Å²) in [4.78, 5) is 10.3. The molecule has 1 unspecified atom stereocenters. The van der Waals surface area contributed by atoms with Crippen molar-refractivity contribution in [2.24, 2.45) is 0 Å². The zero-order valence-electron chi connectivity index (χ0n) is 16.6. The molecule has 1 aromatic rings. The predicted octanol–water partition coefficient (Wildman–Crippen LogP) is 6.16. The Bertz CT molecular complexity index is 459. The monoisotopic (exact) mass is 366 g/mol. The minimum atomic E-state index is -1.11. The Morgan fingerprint density at radius 1 is 0.846 bits per heavy atom. The van der Waals surface area contributed by atoms with E-state index in [9.17, 15) is 9.90 Å². The van der Waals surface area contributed by atoms with Crippen molar-refractivity contribution in [3.8, 4) is 5.75 Å². The van der Waals surface area contributed by atoms with Gasteiger partial charge in [-0.05, 0) is 25.0 Å². The van der Waals surface area contributed by atoms with Crippen LogP contribution in [0.15, 0.2) is 24.3 Å². The van der Waals surface area contributed by atoms with E-state index >= 15 is 0 Å². The summed E-state index contributed by atoms with van der Waals surface area (Å²) in [5.74, 6) is -1.31. The third-order valence-electron chi connectivity index (χ3n) is 4.40. The van der Waals surface area contributed by atoms with Crippen LogP contribution in [0.5, 0.6) is 5.75 Å². The van der Waals surface area contributed by atoms with Crippen molar-refractivity contribution in [3.63, 3.8) is 0 Å². The number of aromatic carboxylic acids is 1. The fourth-order valence-corrected chi connectivity index (χ4v) is 2.82. The van der Waals surface area contributed by atoms with Crippen LogP contribution in [0.3, 0.4) is 0 Å². The summed E-state index contributed by atoms with van der Waals surface area (Å²) in [7, 11) is 0. The van der Waals surface area contributed by atoms with E-state index in [0.29, 0.717) is 0 Å². The minimum Gasteiger partial charge on any atom is -0.507 e. The number of carbonyl (C=O) groups is 1. The quantitative estimate of drug-likeness (QED) is 0.365. The molecule has 0 aliphatic carbocycles. The van der Waals surface area contributed by atoms with Crippen molar-refractivity contribution in [2.75, 3.05) is 0 Å². The standard InChI is InChI=1S/C15H32O.C7H6O3/c1-3-5-6-7-8-9-10-11-12-14-15(16)13-4-2;8-6-4-2-1-3-5(6)7(9)10/h15-16H,3-14H2,1-2H3;1-4,8H,(H,9,10). The number of phenols is 1. The van der Waals surface area contributed by atoms with Gasteiger partial charge in [0.05, 0.1) is 6.10 Å². The summed E-state index contributed by atoms with van der Waals surface area (Å²) in [5, 5.41) is 26.9. The lowest BCUT2D eigenvalue weighted by molar-refractivity contribution is 0.0693. The lowest BCUT2D eigenvalue weighted by Gasteiger charge is -2.08. The smallest absolute Gasteiger partial charge is 0.339 e. The van der Waals surface area contributed by atoms with Gasteiger partial charge >= 0.3 is 5.97 Å². The molecular weight excluding hydrogens is 328 g/mol. The number of aliphatic hydroxyl groups excluding tert-OH is 1. The number of unbranched alkanes of at least 4 members (excludes halogenated alkanes) is 8. The van der Waals surface area contributed by atoms with Gasteiger partial charge in [-0.2, -0.15) is 0 Å². The van der Waals surface area contributed by atoms with E-state index in [4.69, 9.17) is 10.2 Å². The van der Waals surface area contributed by atoms with Crippen LogP contribution in [0.1, 0.15) is 101 Å². The van der Waals surface area contributed by atoms with Crippen LogP contribution in [-0.2, 0) is 0 Å². The van der Waals surface area contributed by atoms with Crippen LogP contribution in [0.2, 0.25) is 0 Å². The molecule has 0 aliphatic rings. The lowest BCUT2D eigenvalue weighted by Crippen LogP contribution is -2.04. The molecule has 0 heterocycles. The summed E-state index contributed by atoms with van der Waals surface area (Å²) in [6.45, 7) is 4.40. The van der Waals surface area contributed by atoms with Gasteiger partial charge in [-0.1, -0.05) is 90.2 Å². The molecule has 3 N–H and O–H groups in total. The molecular formula is C22H38O4. The van der Waals surface area contributed by atoms with Crippen molar-refractivity contribution in [2.45, 2.75) is 97.0 Å². The molecule has 1 atom stereocenters. The van der Waals surface area contributed by atoms with Gasteiger partial charge in [0, 0.05) is 0 Å².